The van der Waals surface area contributed by atoms with Gasteiger partial charge in [-0.05, 0) is 83.5 Å². The highest BCUT2D eigenvalue weighted by Gasteiger charge is 2.19. The molecule has 70 heavy (non-hydrogen) atoms. The smallest absolute Gasteiger partial charge is 0.306 e. The van der Waals surface area contributed by atoms with Gasteiger partial charge in [-0.2, -0.15) is 0 Å². The van der Waals surface area contributed by atoms with Crippen molar-refractivity contribution in [3.8, 4) is 0 Å². The monoisotopic (exact) mass is 979 g/mol. The van der Waals surface area contributed by atoms with E-state index in [4.69, 9.17) is 14.2 Å². The van der Waals surface area contributed by atoms with E-state index in [9.17, 15) is 14.4 Å². The summed E-state index contributed by atoms with van der Waals surface area (Å²) in [5.74, 6) is -0.876. The Kier molecular flexibility index (Phi) is 56.3. The van der Waals surface area contributed by atoms with Gasteiger partial charge in [0.2, 0.25) is 0 Å². The molecule has 0 aromatic heterocycles. The molecule has 0 amide bonds. The van der Waals surface area contributed by atoms with Gasteiger partial charge in [0.25, 0.3) is 0 Å². The first-order valence-corrected chi connectivity index (χ1v) is 30.3. The van der Waals surface area contributed by atoms with Crippen LogP contribution >= 0.6 is 0 Å². The summed E-state index contributed by atoms with van der Waals surface area (Å²) >= 11 is 0. The maximum absolute atomic E-state index is 12.8. The largest absolute Gasteiger partial charge is 0.462 e. The summed E-state index contributed by atoms with van der Waals surface area (Å²) in [5.41, 5.74) is 0. The second-order valence-electron chi connectivity index (χ2n) is 20.2. The van der Waals surface area contributed by atoms with Crippen molar-refractivity contribution in [2.75, 3.05) is 13.2 Å². The SMILES string of the molecule is CC/C=C\C/C=C\C/C=C\C/C=C\CCCCCCCCCCC(=O)OC(COC(=O)CCCCCCCCCC)COC(=O)CCCCCCCCCCCCC/C=C\CCCCCCCCCC. The predicted octanol–water partition coefficient (Wildman–Crippen LogP) is 20.4. The molecule has 0 radical (unpaired) electrons. The minimum atomic E-state index is -0.776. The van der Waals surface area contributed by atoms with Crippen LogP contribution in [0.3, 0.4) is 0 Å². The van der Waals surface area contributed by atoms with Crippen molar-refractivity contribution in [2.45, 2.75) is 316 Å². The average molecular weight is 980 g/mol. The normalized spacial score (nSPS) is 12.4. The van der Waals surface area contributed by atoms with E-state index in [2.05, 4.69) is 81.5 Å². The number of esters is 3. The molecule has 0 N–H and O–H groups in total. The van der Waals surface area contributed by atoms with Crippen molar-refractivity contribution in [1.82, 2.24) is 0 Å². The molecule has 0 aliphatic carbocycles. The van der Waals surface area contributed by atoms with E-state index in [-0.39, 0.29) is 31.1 Å². The van der Waals surface area contributed by atoms with Crippen molar-refractivity contribution < 1.29 is 28.6 Å². The standard InChI is InChI=1S/C64H114O6/c1-4-7-10-13-16-19-21-23-25-27-29-31-32-34-35-37-39-41-43-45-48-51-54-57-63(66)69-60-61(59-68-62(65)56-53-50-47-18-15-12-9-6-3)70-64(67)58-55-52-49-46-44-42-40-38-36-33-30-28-26-24-22-20-17-14-11-8-5-2/h8,11,17,20,24,26-27,29-30,33,61H,4-7,9-10,12-16,18-19,21-23,25,28,31-32,34-60H2,1-3H3/b11-8-,20-17-,26-24-,29-27-,33-30-. The molecule has 0 rings (SSSR count). The third-order valence-electron chi connectivity index (χ3n) is 13.3. The average Bonchev–Trinajstić information content (AvgIpc) is 3.36. The third kappa shape index (κ3) is 56.0. The van der Waals surface area contributed by atoms with Gasteiger partial charge >= 0.3 is 17.9 Å². The molecule has 1 atom stereocenters. The van der Waals surface area contributed by atoms with Gasteiger partial charge in [-0.15, -0.1) is 0 Å². The molecule has 0 aromatic carbocycles. The van der Waals surface area contributed by atoms with Crippen LogP contribution in [-0.4, -0.2) is 37.2 Å². The summed E-state index contributed by atoms with van der Waals surface area (Å²) in [5, 5.41) is 0. The topological polar surface area (TPSA) is 78.9 Å². The van der Waals surface area contributed by atoms with Crippen LogP contribution in [0.25, 0.3) is 0 Å². The summed E-state index contributed by atoms with van der Waals surface area (Å²) < 4.78 is 16.8. The summed E-state index contributed by atoms with van der Waals surface area (Å²) in [7, 11) is 0. The zero-order chi connectivity index (χ0) is 50.7. The van der Waals surface area contributed by atoms with Crippen LogP contribution in [0.4, 0.5) is 0 Å². The fourth-order valence-corrected chi connectivity index (χ4v) is 8.72. The molecule has 0 saturated carbocycles. The Balaban J connectivity index is 4.20. The first kappa shape index (κ1) is 67.1. The number of ether oxygens (including phenoxy) is 3. The van der Waals surface area contributed by atoms with Crippen LogP contribution < -0.4 is 0 Å². The van der Waals surface area contributed by atoms with Crippen molar-refractivity contribution in [1.29, 1.82) is 0 Å². The van der Waals surface area contributed by atoms with Crippen LogP contribution in [0.15, 0.2) is 60.8 Å². The lowest BCUT2D eigenvalue weighted by molar-refractivity contribution is -0.167. The maximum Gasteiger partial charge on any atom is 0.306 e. The van der Waals surface area contributed by atoms with Crippen molar-refractivity contribution in [3.63, 3.8) is 0 Å². The van der Waals surface area contributed by atoms with Gasteiger partial charge in [-0.3, -0.25) is 14.4 Å². The number of allylic oxidation sites excluding steroid dienone is 10. The molecule has 0 saturated heterocycles. The predicted molar refractivity (Wildman–Crippen MR) is 302 cm³/mol. The van der Waals surface area contributed by atoms with Gasteiger partial charge in [0, 0.05) is 19.3 Å². The summed E-state index contributed by atoms with van der Waals surface area (Å²) in [6.45, 7) is 6.52. The van der Waals surface area contributed by atoms with E-state index >= 15 is 0 Å². The van der Waals surface area contributed by atoms with Crippen molar-refractivity contribution in [3.05, 3.63) is 60.8 Å². The van der Waals surface area contributed by atoms with Gasteiger partial charge in [0.1, 0.15) is 13.2 Å². The number of hydrogen-bond acceptors (Lipinski definition) is 6. The molecule has 0 aromatic rings. The number of hydrogen-bond donors (Lipinski definition) is 0. The molecular weight excluding hydrogens is 865 g/mol. The third-order valence-corrected chi connectivity index (χ3v) is 13.3. The summed E-state index contributed by atoms with van der Waals surface area (Å²) in [6, 6.07) is 0. The summed E-state index contributed by atoms with van der Waals surface area (Å²) in [6.07, 6.45) is 73.8. The Bertz CT molecular complexity index is 1260. The number of carbonyl (C=O) groups is 3. The van der Waals surface area contributed by atoms with Crippen LogP contribution in [0, 0.1) is 0 Å². The van der Waals surface area contributed by atoms with Crippen LogP contribution in [0.5, 0.6) is 0 Å². The number of rotatable bonds is 55. The van der Waals surface area contributed by atoms with E-state index in [1.54, 1.807) is 0 Å². The summed E-state index contributed by atoms with van der Waals surface area (Å²) in [4.78, 5) is 38.1. The molecule has 0 bridgehead atoms. The fraction of sp³-hybridized carbons (Fsp3) is 0.797. The molecule has 0 aliphatic rings. The minimum Gasteiger partial charge on any atom is -0.462 e. The quantitative estimate of drug-likeness (QED) is 0.0261. The first-order valence-electron chi connectivity index (χ1n) is 30.3. The van der Waals surface area contributed by atoms with E-state index < -0.39 is 6.10 Å². The molecular formula is C64H114O6. The Morgan fingerprint density at radius 2 is 0.557 bits per heavy atom. The molecule has 6 nitrogen and oxygen atoms in total. The fourth-order valence-electron chi connectivity index (χ4n) is 8.72. The second kappa shape index (κ2) is 58.7. The van der Waals surface area contributed by atoms with Gasteiger partial charge in [-0.1, -0.05) is 268 Å². The van der Waals surface area contributed by atoms with Crippen LogP contribution in [0.2, 0.25) is 0 Å². The highest BCUT2D eigenvalue weighted by atomic mass is 16.6. The Labute approximate surface area is 434 Å². The van der Waals surface area contributed by atoms with E-state index in [0.717, 1.165) is 89.9 Å². The van der Waals surface area contributed by atoms with E-state index in [0.29, 0.717) is 19.3 Å². The van der Waals surface area contributed by atoms with Crippen molar-refractivity contribution >= 4 is 17.9 Å². The zero-order valence-corrected chi connectivity index (χ0v) is 46.5. The van der Waals surface area contributed by atoms with Crippen LogP contribution in [0.1, 0.15) is 310 Å². The van der Waals surface area contributed by atoms with Crippen molar-refractivity contribution in [2.24, 2.45) is 0 Å². The molecule has 0 fully saturated rings. The Morgan fingerprint density at radius 1 is 0.300 bits per heavy atom. The van der Waals surface area contributed by atoms with Gasteiger partial charge in [0.05, 0.1) is 0 Å². The first-order chi connectivity index (χ1) is 34.5. The van der Waals surface area contributed by atoms with Gasteiger partial charge < -0.3 is 14.2 Å². The molecule has 0 spiro atoms. The highest BCUT2D eigenvalue weighted by molar-refractivity contribution is 5.71. The lowest BCUT2D eigenvalue weighted by atomic mass is 10.0. The minimum absolute atomic E-state index is 0.0754. The number of carbonyl (C=O) groups excluding carboxylic acids is 3. The second-order valence-corrected chi connectivity index (χ2v) is 20.2. The molecule has 6 heteroatoms. The van der Waals surface area contributed by atoms with Crippen LogP contribution in [-0.2, 0) is 28.6 Å². The van der Waals surface area contributed by atoms with Gasteiger partial charge in [0.15, 0.2) is 6.10 Å². The van der Waals surface area contributed by atoms with E-state index in [1.165, 1.54) is 180 Å². The number of unbranched alkanes of at least 4 members (excludes halogenated alkanes) is 34. The molecule has 1 unspecified atom stereocenters. The Hall–Kier alpha value is -2.89. The molecule has 406 valence electrons. The Morgan fingerprint density at radius 3 is 0.886 bits per heavy atom. The maximum atomic E-state index is 12.8. The molecule has 0 heterocycles. The lowest BCUT2D eigenvalue weighted by Gasteiger charge is -2.18. The highest BCUT2D eigenvalue weighted by Crippen LogP contribution is 2.16. The zero-order valence-electron chi connectivity index (χ0n) is 46.5. The lowest BCUT2D eigenvalue weighted by Crippen LogP contribution is -2.30. The van der Waals surface area contributed by atoms with Gasteiger partial charge in [-0.25, -0.2) is 0 Å². The van der Waals surface area contributed by atoms with E-state index in [1.807, 2.05) is 0 Å². The molecule has 0 aliphatic heterocycles.